The third-order valence-electron chi connectivity index (χ3n) is 4.47. The largest absolute Gasteiger partial charge is 0.449 e. The molecule has 2 aromatic carbocycles. The molecule has 1 heterocycles. The Balaban J connectivity index is 1.74. The van der Waals surface area contributed by atoms with Crippen LogP contribution >= 0.6 is 0 Å². The number of amides is 2. The maximum absolute atomic E-state index is 13.1. The number of carbonyl (C=O) groups is 3. The van der Waals surface area contributed by atoms with Gasteiger partial charge in [-0.3, -0.25) is 14.5 Å². The first-order valence-corrected chi connectivity index (χ1v) is 8.82. The van der Waals surface area contributed by atoms with Crippen molar-refractivity contribution in [3.8, 4) is 6.07 Å². The normalized spacial score (nSPS) is 16.8. The molecule has 1 aliphatic heterocycles. The minimum Gasteiger partial charge on any atom is -0.449 e. The molecule has 0 saturated carbocycles. The van der Waals surface area contributed by atoms with Crippen LogP contribution in [0.4, 0.5) is 4.39 Å². The number of nitrogens with zero attached hydrogens (tertiary/aromatic N) is 2. The molecule has 2 aromatic rings. The molecule has 0 aliphatic carbocycles. The highest BCUT2D eigenvalue weighted by atomic mass is 19.1. The summed E-state index contributed by atoms with van der Waals surface area (Å²) in [5, 5.41) is 8.82. The van der Waals surface area contributed by atoms with Crippen molar-refractivity contribution in [1.29, 1.82) is 5.26 Å². The highest BCUT2D eigenvalue weighted by Crippen LogP contribution is 2.19. The van der Waals surface area contributed by atoms with Crippen LogP contribution in [-0.2, 0) is 9.53 Å². The average molecular weight is 380 g/mol. The summed E-state index contributed by atoms with van der Waals surface area (Å²) in [6.45, 7) is 0.208. The van der Waals surface area contributed by atoms with Gasteiger partial charge in [0.25, 0.3) is 11.8 Å². The zero-order valence-electron chi connectivity index (χ0n) is 14.9. The molecule has 1 saturated heterocycles. The Morgan fingerprint density at radius 3 is 2.32 bits per heavy atom. The van der Waals surface area contributed by atoms with Gasteiger partial charge in [0.2, 0.25) is 0 Å². The maximum atomic E-state index is 13.1. The fourth-order valence-electron chi connectivity index (χ4n) is 2.94. The molecule has 3 rings (SSSR count). The van der Waals surface area contributed by atoms with Gasteiger partial charge in [-0.05, 0) is 67.8 Å². The number of carbonyl (C=O) groups excluding carboxylic acids is 3. The van der Waals surface area contributed by atoms with Crippen molar-refractivity contribution in [1.82, 2.24) is 4.90 Å². The van der Waals surface area contributed by atoms with Crippen LogP contribution in [0.3, 0.4) is 0 Å². The van der Waals surface area contributed by atoms with Crippen molar-refractivity contribution in [2.75, 3.05) is 6.54 Å². The number of nitriles is 1. The van der Waals surface area contributed by atoms with E-state index < -0.39 is 29.7 Å². The SMILES string of the molecule is N#Cc1ccc(C(=O)OC2CCCCN(C(=O)c3ccc(F)cc3)C2=O)cc1. The summed E-state index contributed by atoms with van der Waals surface area (Å²) in [5.41, 5.74) is 0.805. The van der Waals surface area contributed by atoms with E-state index in [1.54, 1.807) is 0 Å². The van der Waals surface area contributed by atoms with Gasteiger partial charge in [0.15, 0.2) is 6.10 Å². The highest BCUT2D eigenvalue weighted by Gasteiger charge is 2.34. The first-order valence-electron chi connectivity index (χ1n) is 8.82. The van der Waals surface area contributed by atoms with Gasteiger partial charge in [-0.15, -0.1) is 0 Å². The molecular weight excluding hydrogens is 363 g/mol. The van der Waals surface area contributed by atoms with Crippen LogP contribution < -0.4 is 0 Å². The van der Waals surface area contributed by atoms with E-state index in [1.165, 1.54) is 36.4 Å². The zero-order chi connectivity index (χ0) is 20.1. The number of likely N-dealkylation sites (tertiary alicyclic amines) is 1. The summed E-state index contributed by atoms with van der Waals surface area (Å²) in [5.74, 6) is -2.31. The number of hydrogen-bond acceptors (Lipinski definition) is 5. The van der Waals surface area contributed by atoms with Crippen LogP contribution in [0.1, 0.15) is 45.5 Å². The van der Waals surface area contributed by atoms with Gasteiger partial charge in [-0.2, -0.15) is 5.26 Å². The minimum atomic E-state index is -1.07. The molecular formula is C21H17FN2O4. The summed E-state index contributed by atoms with van der Waals surface area (Å²) in [6, 6.07) is 12.7. The molecule has 1 aliphatic rings. The summed E-state index contributed by atoms with van der Waals surface area (Å²) in [6.07, 6.45) is 0.442. The Hall–Kier alpha value is -3.53. The second-order valence-electron chi connectivity index (χ2n) is 6.38. The standard InChI is InChI=1S/C21H17FN2O4/c22-17-10-8-15(9-11-17)19(25)24-12-2-1-3-18(20(24)26)28-21(27)16-6-4-14(13-23)5-7-16/h4-11,18H,1-3,12H2. The molecule has 1 unspecified atom stereocenters. The van der Waals surface area contributed by atoms with Crippen molar-refractivity contribution in [2.45, 2.75) is 25.4 Å². The molecule has 6 nitrogen and oxygen atoms in total. The summed E-state index contributed by atoms with van der Waals surface area (Å²) < 4.78 is 18.4. The molecule has 0 spiro atoms. The van der Waals surface area contributed by atoms with Crippen LogP contribution in [0.5, 0.6) is 0 Å². The van der Waals surface area contributed by atoms with E-state index in [9.17, 15) is 18.8 Å². The monoisotopic (exact) mass is 380 g/mol. The maximum Gasteiger partial charge on any atom is 0.338 e. The second kappa shape index (κ2) is 8.44. The van der Waals surface area contributed by atoms with Crippen LogP contribution in [0.2, 0.25) is 0 Å². The van der Waals surface area contributed by atoms with E-state index >= 15 is 0 Å². The van der Waals surface area contributed by atoms with Crippen LogP contribution in [0.15, 0.2) is 48.5 Å². The molecule has 1 atom stereocenters. The lowest BCUT2D eigenvalue weighted by atomic mass is 10.1. The summed E-state index contributed by atoms with van der Waals surface area (Å²) in [4.78, 5) is 38.9. The zero-order valence-corrected chi connectivity index (χ0v) is 14.9. The Morgan fingerprint density at radius 2 is 1.68 bits per heavy atom. The fraction of sp³-hybridized carbons (Fsp3) is 0.238. The predicted molar refractivity (Wildman–Crippen MR) is 96.7 cm³/mol. The molecule has 0 aromatic heterocycles. The van der Waals surface area contributed by atoms with Gasteiger partial charge in [-0.25, -0.2) is 9.18 Å². The minimum absolute atomic E-state index is 0.189. The smallest absolute Gasteiger partial charge is 0.338 e. The van der Waals surface area contributed by atoms with E-state index in [4.69, 9.17) is 10.00 Å². The Bertz CT molecular complexity index is 932. The van der Waals surface area contributed by atoms with Crippen molar-refractivity contribution in [2.24, 2.45) is 0 Å². The lowest BCUT2D eigenvalue weighted by Gasteiger charge is -2.22. The summed E-state index contributed by atoms with van der Waals surface area (Å²) >= 11 is 0. The van der Waals surface area contributed by atoms with E-state index in [2.05, 4.69) is 0 Å². The van der Waals surface area contributed by atoms with E-state index in [0.717, 1.165) is 17.0 Å². The Morgan fingerprint density at radius 1 is 1.04 bits per heavy atom. The van der Waals surface area contributed by atoms with Gasteiger partial charge >= 0.3 is 5.97 Å². The second-order valence-corrected chi connectivity index (χ2v) is 6.38. The Labute approximate surface area is 161 Å². The fourth-order valence-corrected chi connectivity index (χ4v) is 2.94. The van der Waals surface area contributed by atoms with Crippen LogP contribution in [-0.4, -0.2) is 35.3 Å². The van der Waals surface area contributed by atoms with Crippen LogP contribution in [0, 0.1) is 17.1 Å². The molecule has 7 heteroatoms. The number of hydrogen-bond donors (Lipinski definition) is 0. The van der Waals surface area contributed by atoms with Crippen molar-refractivity contribution < 1.29 is 23.5 Å². The van der Waals surface area contributed by atoms with Gasteiger partial charge < -0.3 is 4.74 Å². The third kappa shape index (κ3) is 4.23. The molecule has 0 N–H and O–H groups in total. The highest BCUT2D eigenvalue weighted by molar-refractivity contribution is 6.06. The number of ether oxygens (including phenoxy) is 1. The van der Waals surface area contributed by atoms with Crippen molar-refractivity contribution in [3.63, 3.8) is 0 Å². The first kappa shape index (κ1) is 19.2. The molecule has 0 radical (unpaired) electrons. The van der Waals surface area contributed by atoms with Crippen molar-refractivity contribution >= 4 is 17.8 Å². The number of benzene rings is 2. The third-order valence-corrected chi connectivity index (χ3v) is 4.47. The lowest BCUT2D eigenvalue weighted by molar-refractivity contribution is -0.137. The molecule has 28 heavy (non-hydrogen) atoms. The lowest BCUT2D eigenvalue weighted by Crippen LogP contribution is -2.43. The van der Waals surface area contributed by atoms with Crippen LogP contribution in [0.25, 0.3) is 0 Å². The van der Waals surface area contributed by atoms with E-state index in [-0.39, 0.29) is 17.7 Å². The van der Waals surface area contributed by atoms with E-state index in [1.807, 2.05) is 6.07 Å². The number of halogens is 1. The summed E-state index contributed by atoms with van der Waals surface area (Å²) in [7, 11) is 0. The van der Waals surface area contributed by atoms with Gasteiger partial charge in [0.1, 0.15) is 5.82 Å². The van der Waals surface area contributed by atoms with Gasteiger partial charge in [0.05, 0.1) is 17.2 Å². The van der Waals surface area contributed by atoms with Crippen molar-refractivity contribution in [3.05, 3.63) is 71.0 Å². The first-order chi connectivity index (χ1) is 13.5. The number of imide groups is 1. The Kier molecular flexibility index (Phi) is 5.80. The molecule has 0 bridgehead atoms. The average Bonchev–Trinajstić information content (AvgIpc) is 2.90. The molecule has 142 valence electrons. The van der Waals surface area contributed by atoms with Gasteiger partial charge in [0, 0.05) is 12.1 Å². The topological polar surface area (TPSA) is 87.5 Å². The van der Waals surface area contributed by atoms with Gasteiger partial charge in [-0.1, -0.05) is 0 Å². The molecule has 2 amide bonds. The number of rotatable bonds is 3. The van der Waals surface area contributed by atoms with E-state index in [0.29, 0.717) is 24.8 Å². The number of esters is 1. The molecule has 1 fully saturated rings. The quantitative estimate of drug-likeness (QED) is 0.603. The predicted octanol–water partition coefficient (Wildman–Crippen LogP) is 3.08.